The van der Waals surface area contributed by atoms with Gasteiger partial charge in [0.15, 0.2) is 0 Å². The average Bonchev–Trinajstić information content (AvgIpc) is 3.06. The number of nitrogens with zero attached hydrogens (tertiary/aromatic N) is 2. The van der Waals surface area contributed by atoms with Crippen LogP contribution in [0.1, 0.15) is 5.76 Å². The predicted molar refractivity (Wildman–Crippen MR) is 93.0 cm³/mol. The molecule has 2 aliphatic heterocycles. The van der Waals surface area contributed by atoms with Crippen LogP contribution in [0.2, 0.25) is 0 Å². The normalized spacial score (nSPS) is 18.6. The third kappa shape index (κ3) is 4.30. The summed E-state index contributed by atoms with van der Waals surface area (Å²) in [6.07, 6.45) is 6.42. The molecule has 0 aliphatic carbocycles. The van der Waals surface area contributed by atoms with Gasteiger partial charge >= 0.3 is 0 Å². The fraction of sp³-hybridized carbons (Fsp3) is 0.333. The highest BCUT2D eigenvalue weighted by Crippen LogP contribution is 2.16. The lowest BCUT2D eigenvalue weighted by Gasteiger charge is -2.26. The number of nitrogens with one attached hydrogen (secondary N) is 1. The molecule has 24 heavy (non-hydrogen) atoms. The van der Waals surface area contributed by atoms with Gasteiger partial charge in [-0.2, -0.15) is 11.8 Å². The summed E-state index contributed by atoms with van der Waals surface area (Å²) in [6.45, 7) is 0.853. The maximum absolute atomic E-state index is 12.1. The molecule has 3 rings (SSSR count). The fourth-order valence-corrected chi connectivity index (χ4v) is 3.97. The number of rotatable bonds is 6. The summed E-state index contributed by atoms with van der Waals surface area (Å²) in [6, 6.07) is 3.77. The second kappa shape index (κ2) is 7.27. The highest BCUT2D eigenvalue weighted by Gasteiger charge is 2.24. The van der Waals surface area contributed by atoms with Crippen molar-refractivity contribution in [2.45, 2.75) is 5.75 Å². The van der Waals surface area contributed by atoms with Crippen LogP contribution in [0.4, 0.5) is 0 Å². The summed E-state index contributed by atoms with van der Waals surface area (Å²) >= 11 is 1.68. The summed E-state index contributed by atoms with van der Waals surface area (Å²) in [4.78, 5) is 13.8. The molecule has 1 aromatic heterocycles. The van der Waals surface area contributed by atoms with E-state index in [4.69, 9.17) is 4.42 Å². The van der Waals surface area contributed by atoms with E-state index in [0.29, 0.717) is 24.5 Å². The third-order valence-electron chi connectivity index (χ3n) is 3.44. The highest BCUT2D eigenvalue weighted by atomic mass is 32.2. The van der Waals surface area contributed by atoms with Crippen molar-refractivity contribution < 1.29 is 17.6 Å². The number of amides is 1. The molecule has 9 heteroatoms. The summed E-state index contributed by atoms with van der Waals surface area (Å²) < 4.78 is 31.8. The number of sulfonamides is 1. The Morgan fingerprint density at radius 1 is 1.42 bits per heavy atom. The van der Waals surface area contributed by atoms with E-state index in [-0.39, 0.29) is 11.7 Å². The Morgan fingerprint density at radius 3 is 3.08 bits per heavy atom. The summed E-state index contributed by atoms with van der Waals surface area (Å²) in [5, 5.41) is 2.85. The number of hydrogen-bond acceptors (Lipinski definition) is 6. The first-order valence-electron chi connectivity index (χ1n) is 7.41. The zero-order chi connectivity index (χ0) is 17.0. The van der Waals surface area contributed by atoms with E-state index < -0.39 is 10.0 Å². The molecule has 0 unspecified atom stereocenters. The maximum Gasteiger partial charge on any atom is 0.256 e. The van der Waals surface area contributed by atoms with Crippen LogP contribution < -0.4 is 5.32 Å². The fourth-order valence-electron chi connectivity index (χ4n) is 2.24. The Balaban J connectivity index is 1.46. The number of fused-ring (bicyclic) bond motifs is 1. The molecule has 0 radical (unpaired) electrons. The summed E-state index contributed by atoms with van der Waals surface area (Å²) in [5.41, 5.74) is 0.490. The average molecular weight is 367 g/mol. The molecule has 0 fully saturated rings. The minimum Gasteiger partial charge on any atom is -0.468 e. The lowest BCUT2D eigenvalue weighted by Crippen LogP contribution is -2.38. The van der Waals surface area contributed by atoms with Crippen molar-refractivity contribution in [3.8, 4) is 0 Å². The summed E-state index contributed by atoms with van der Waals surface area (Å²) in [5.74, 6) is 2.59. The molecule has 128 valence electrons. The molecule has 1 amide bonds. The number of thioether (sulfide) groups is 1. The van der Waals surface area contributed by atoms with Gasteiger partial charge in [0, 0.05) is 25.0 Å². The topological polar surface area (TPSA) is 92.0 Å². The largest absolute Gasteiger partial charge is 0.468 e. The first kappa shape index (κ1) is 16.8. The van der Waals surface area contributed by atoms with Gasteiger partial charge in [-0.15, -0.1) is 4.40 Å². The Kier molecular flexibility index (Phi) is 5.10. The zero-order valence-electron chi connectivity index (χ0n) is 12.8. The number of hydrogen-bond donors (Lipinski definition) is 1. The van der Waals surface area contributed by atoms with Crippen molar-refractivity contribution in [1.82, 2.24) is 10.2 Å². The van der Waals surface area contributed by atoms with Gasteiger partial charge in [-0.05, 0) is 24.3 Å². The number of furan rings is 1. The molecule has 0 atom stereocenters. The van der Waals surface area contributed by atoms with Gasteiger partial charge in [0.05, 0.1) is 23.3 Å². The van der Waals surface area contributed by atoms with Crippen molar-refractivity contribution in [2.24, 2.45) is 4.40 Å². The number of carbonyl (C=O) groups excluding carboxylic acids is 1. The van der Waals surface area contributed by atoms with E-state index >= 15 is 0 Å². The number of carbonyl (C=O) groups is 1. The molecule has 7 nitrogen and oxygen atoms in total. The van der Waals surface area contributed by atoms with Crippen LogP contribution >= 0.6 is 11.8 Å². The van der Waals surface area contributed by atoms with Crippen molar-refractivity contribution in [3.63, 3.8) is 0 Å². The minimum atomic E-state index is -3.38. The lowest BCUT2D eigenvalue weighted by atomic mass is 10.2. The van der Waals surface area contributed by atoms with Crippen LogP contribution in [0.25, 0.3) is 0 Å². The molecule has 0 spiro atoms. The molecule has 1 aromatic rings. The third-order valence-corrected chi connectivity index (χ3v) is 5.59. The SMILES string of the molecule is O=C(NCCSCc1ccco1)C1=CN2CCS(=O)(=O)N=C2C=C1. The van der Waals surface area contributed by atoms with Gasteiger partial charge in [0.1, 0.15) is 11.6 Å². The molecule has 3 heterocycles. The van der Waals surface area contributed by atoms with E-state index in [1.807, 2.05) is 12.1 Å². The van der Waals surface area contributed by atoms with Crippen LogP contribution in [0.5, 0.6) is 0 Å². The second-order valence-electron chi connectivity index (χ2n) is 5.23. The Bertz CT molecular complexity index is 795. The van der Waals surface area contributed by atoms with Crippen molar-refractivity contribution in [1.29, 1.82) is 0 Å². The van der Waals surface area contributed by atoms with Crippen molar-refractivity contribution in [3.05, 3.63) is 48.1 Å². The zero-order valence-corrected chi connectivity index (χ0v) is 14.5. The van der Waals surface area contributed by atoms with Crippen LogP contribution in [0, 0.1) is 0 Å². The number of amidine groups is 1. The lowest BCUT2D eigenvalue weighted by molar-refractivity contribution is -0.117. The Labute approximate surface area is 144 Å². The minimum absolute atomic E-state index is 0.0425. The molecule has 1 N–H and O–H groups in total. The van der Waals surface area contributed by atoms with E-state index in [2.05, 4.69) is 9.71 Å². The van der Waals surface area contributed by atoms with E-state index in [1.165, 1.54) is 0 Å². The molecular weight excluding hydrogens is 350 g/mol. The highest BCUT2D eigenvalue weighted by molar-refractivity contribution is 7.98. The van der Waals surface area contributed by atoms with E-state index in [9.17, 15) is 13.2 Å². The monoisotopic (exact) mass is 367 g/mol. The van der Waals surface area contributed by atoms with Gasteiger partial charge in [0.2, 0.25) is 0 Å². The molecule has 0 aromatic carbocycles. The Hall–Kier alpha value is -2.00. The van der Waals surface area contributed by atoms with Gasteiger partial charge < -0.3 is 14.6 Å². The summed E-state index contributed by atoms with van der Waals surface area (Å²) in [7, 11) is -3.38. The second-order valence-corrected chi connectivity index (χ2v) is 8.09. The van der Waals surface area contributed by atoms with Crippen LogP contribution in [-0.4, -0.2) is 49.7 Å². The molecule has 2 aliphatic rings. The predicted octanol–water partition coefficient (Wildman–Crippen LogP) is 1.13. The molecule has 0 saturated heterocycles. The molecular formula is C15H17N3O4S2. The molecule has 0 bridgehead atoms. The van der Waals surface area contributed by atoms with Crippen LogP contribution in [0.15, 0.2) is 51.1 Å². The van der Waals surface area contributed by atoms with Crippen LogP contribution in [-0.2, 0) is 20.6 Å². The molecule has 0 saturated carbocycles. The quantitative estimate of drug-likeness (QED) is 0.758. The van der Waals surface area contributed by atoms with Gasteiger partial charge in [-0.3, -0.25) is 4.79 Å². The first-order valence-corrected chi connectivity index (χ1v) is 10.2. The van der Waals surface area contributed by atoms with Crippen molar-refractivity contribution in [2.75, 3.05) is 24.6 Å². The van der Waals surface area contributed by atoms with Crippen molar-refractivity contribution >= 4 is 33.5 Å². The van der Waals surface area contributed by atoms with E-state index in [1.54, 1.807) is 41.3 Å². The Morgan fingerprint density at radius 2 is 2.29 bits per heavy atom. The van der Waals surface area contributed by atoms with Gasteiger partial charge in [-0.1, -0.05) is 0 Å². The smallest absolute Gasteiger partial charge is 0.256 e. The first-order chi connectivity index (χ1) is 11.5. The van der Waals surface area contributed by atoms with E-state index in [0.717, 1.165) is 17.3 Å². The standard InChI is InChI=1S/C15H17N3O4S2/c19-15(16-5-8-23-11-13-2-1-7-22-13)12-3-4-14-17-24(20,21)9-6-18(14)10-12/h1-4,7,10H,5-6,8-9,11H2,(H,16,19). The van der Waals surface area contributed by atoms with Crippen LogP contribution in [0.3, 0.4) is 0 Å². The maximum atomic E-state index is 12.1. The van der Waals surface area contributed by atoms with Gasteiger partial charge in [0.25, 0.3) is 15.9 Å². The van der Waals surface area contributed by atoms with Gasteiger partial charge in [-0.25, -0.2) is 8.42 Å².